The summed E-state index contributed by atoms with van der Waals surface area (Å²) in [7, 11) is 3.87. The van der Waals surface area contributed by atoms with Crippen molar-refractivity contribution < 1.29 is 9.47 Å². The van der Waals surface area contributed by atoms with Crippen molar-refractivity contribution in [3.8, 4) is 11.5 Å². The Hall–Kier alpha value is -2.57. The van der Waals surface area contributed by atoms with Gasteiger partial charge in [-0.05, 0) is 36.9 Å². The van der Waals surface area contributed by atoms with Crippen LogP contribution in [0.2, 0.25) is 0 Å². The normalized spacial score (nSPS) is 14.8. The maximum atomic E-state index is 6.31. The SMILES string of the molecule is COc1cc[nH]c1Sc1ccc(N2CCN(C)CC2)c(OCc2ccccc2)c1. The van der Waals surface area contributed by atoms with E-state index in [1.165, 1.54) is 5.56 Å². The Balaban J connectivity index is 1.58. The minimum Gasteiger partial charge on any atom is -0.494 e. The summed E-state index contributed by atoms with van der Waals surface area (Å²) in [5.41, 5.74) is 2.33. The van der Waals surface area contributed by atoms with Gasteiger partial charge in [-0.15, -0.1) is 0 Å². The largest absolute Gasteiger partial charge is 0.494 e. The van der Waals surface area contributed by atoms with Gasteiger partial charge in [0.1, 0.15) is 17.4 Å². The van der Waals surface area contributed by atoms with Crippen LogP contribution in [-0.2, 0) is 6.61 Å². The van der Waals surface area contributed by atoms with Crippen molar-refractivity contribution in [2.75, 3.05) is 45.2 Å². The molecule has 5 nitrogen and oxygen atoms in total. The molecule has 0 unspecified atom stereocenters. The van der Waals surface area contributed by atoms with Crippen LogP contribution in [-0.4, -0.2) is 50.2 Å². The number of hydrogen-bond donors (Lipinski definition) is 1. The second kappa shape index (κ2) is 9.29. The van der Waals surface area contributed by atoms with E-state index in [0.29, 0.717) is 6.61 Å². The van der Waals surface area contributed by atoms with Crippen LogP contribution in [0.25, 0.3) is 0 Å². The first-order chi connectivity index (χ1) is 14.2. The fraction of sp³-hybridized carbons (Fsp3) is 0.304. The third-order valence-corrected chi connectivity index (χ3v) is 6.14. The van der Waals surface area contributed by atoms with Crippen molar-refractivity contribution in [2.45, 2.75) is 16.5 Å². The number of aromatic nitrogens is 1. The fourth-order valence-corrected chi connectivity index (χ4v) is 4.33. The highest BCUT2D eigenvalue weighted by Gasteiger charge is 2.19. The zero-order chi connectivity index (χ0) is 20.1. The summed E-state index contributed by atoms with van der Waals surface area (Å²) >= 11 is 1.65. The highest BCUT2D eigenvalue weighted by Crippen LogP contribution is 2.39. The average molecular weight is 410 g/mol. The van der Waals surface area contributed by atoms with Gasteiger partial charge in [0.25, 0.3) is 0 Å². The Kier molecular flexibility index (Phi) is 6.32. The van der Waals surface area contributed by atoms with Crippen LogP contribution in [0.1, 0.15) is 5.56 Å². The zero-order valence-corrected chi connectivity index (χ0v) is 17.7. The number of aromatic amines is 1. The summed E-state index contributed by atoms with van der Waals surface area (Å²) in [5, 5.41) is 0.994. The minimum absolute atomic E-state index is 0.557. The predicted octanol–water partition coefficient (Wildman–Crippen LogP) is 4.51. The van der Waals surface area contributed by atoms with Gasteiger partial charge in [0.15, 0.2) is 5.75 Å². The lowest BCUT2D eigenvalue weighted by Crippen LogP contribution is -2.44. The van der Waals surface area contributed by atoms with E-state index in [-0.39, 0.29) is 0 Å². The molecule has 2 aromatic carbocycles. The molecule has 6 heteroatoms. The molecule has 4 rings (SSSR count). The standard InChI is InChI=1S/C23H27N3O2S/c1-25-12-14-26(15-13-25)20-9-8-19(29-23-21(27-2)10-11-24-23)16-22(20)28-17-18-6-4-3-5-7-18/h3-11,16,24H,12-15,17H2,1-2H3. The number of methoxy groups -OCH3 is 1. The van der Waals surface area contributed by atoms with E-state index in [2.05, 4.69) is 52.2 Å². The number of nitrogens with zero attached hydrogens (tertiary/aromatic N) is 2. The summed E-state index contributed by atoms with van der Waals surface area (Å²) in [6.45, 7) is 4.70. The second-order valence-corrected chi connectivity index (χ2v) is 8.26. The minimum atomic E-state index is 0.557. The molecule has 1 saturated heterocycles. The molecule has 1 aliphatic rings. The van der Waals surface area contributed by atoms with Crippen molar-refractivity contribution in [2.24, 2.45) is 0 Å². The van der Waals surface area contributed by atoms with Gasteiger partial charge in [-0.3, -0.25) is 0 Å². The molecule has 1 fully saturated rings. The first kappa shape index (κ1) is 19.7. The Morgan fingerprint density at radius 2 is 1.76 bits per heavy atom. The number of rotatable bonds is 7. The lowest BCUT2D eigenvalue weighted by Gasteiger charge is -2.35. The molecule has 0 atom stereocenters. The summed E-state index contributed by atoms with van der Waals surface area (Å²) in [5.74, 6) is 1.78. The molecule has 1 aromatic heterocycles. The van der Waals surface area contributed by atoms with Crippen LogP contribution in [0, 0.1) is 0 Å². The number of anilines is 1. The summed E-state index contributed by atoms with van der Waals surface area (Å²) < 4.78 is 11.7. The molecule has 0 amide bonds. The maximum absolute atomic E-state index is 6.31. The first-order valence-electron chi connectivity index (χ1n) is 9.86. The van der Waals surface area contributed by atoms with Gasteiger partial charge in [-0.2, -0.15) is 0 Å². The van der Waals surface area contributed by atoms with Crippen LogP contribution in [0.4, 0.5) is 5.69 Å². The monoisotopic (exact) mass is 409 g/mol. The van der Waals surface area contributed by atoms with Crippen molar-refractivity contribution >= 4 is 17.4 Å². The van der Waals surface area contributed by atoms with Gasteiger partial charge in [0.2, 0.25) is 0 Å². The Morgan fingerprint density at radius 1 is 0.966 bits per heavy atom. The fourth-order valence-electron chi connectivity index (χ4n) is 3.42. The first-order valence-corrected chi connectivity index (χ1v) is 10.7. The molecule has 3 aromatic rings. The van der Waals surface area contributed by atoms with Gasteiger partial charge in [-0.1, -0.05) is 42.1 Å². The molecule has 1 N–H and O–H groups in total. The van der Waals surface area contributed by atoms with Gasteiger partial charge < -0.3 is 24.3 Å². The number of piperazine rings is 1. The van der Waals surface area contributed by atoms with Gasteiger partial charge in [0, 0.05) is 37.3 Å². The van der Waals surface area contributed by atoms with Crippen LogP contribution in [0.15, 0.2) is 70.7 Å². The van der Waals surface area contributed by atoms with E-state index in [4.69, 9.17) is 9.47 Å². The van der Waals surface area contributed by atoms with Gasteiger partial charge >= 0.3 is 0 Å². The number of benzene rings is 2. The molecule has 152 valence electrons. The molecule has 0 bridgehead atoms. The summed E-state index contributed by atoms with van der Waals surface area (Å²) in [6, 6.07) is 18.7. The highest BCUT2D eigenvalue weighted by molar-refractivity contribution is 7.99. The number of likely N-dealkylation sites (N-methyl/N-ethyl adjacent to an activating group) is 1. The van der Waals surface area contributed by atoms with E-state index in [0.717, 1.165) is 53.3 Å². The van der Waals surface area contributed by atoms with E-state index in [1.54, 1.807) is 18.9 Å². The number of ether oxygens (including phenoxy) is 2. The predicted molar refractivity (Wildman–Crippen MR) is 118 cm³/mol. The molecular weight excluding hydrogens is 382 g/mol. The average Bonchev–Trinajstić information content (AvgIpc) is 3.21. The molecule has 1 aliphatic heterocycles. The lowest BCUT2D eigenvalue weighted by atomic mass is 10.2. The topological polar surface area (TPSA) is 40.7 Å². The van der Waals surface area contributed by atoms with Crippen LogP contribution < -0.4 is 14.4 Å². The third kappa shape index (κ3) is 4.89. The summed E-state index contributed by atoms with van der Waals surface area (Å²) in [4.78, 5) is 9.15. The van der Waals surface area contributed by atoms with Crippen LogP contribution >= 0.6 is 11.8 Å². The Morgan fingerprint density at radius 3 is 2.52 bits per heavy atom. The Bertz CT molecular complexity index is 921. The molecule has 0 saturated carbocycles. The molecule has 0 spiro atoms. The van der Waals surface area contributed by atoms with Crippen LogP contribution in [0.5, 0.6) is 11.5 Å². The zero-order valence-electron chi connectivity index (χ0n) is 16.9. The number of nitrogens with one attached hydrogen (secondary N) is 1. The van der Waals surface area contributed by atoms with Crippen molar-refractivity contribution in [3.63, 3.8) is 0 Å². The van der Waals surface area contributed by atoms with E-state index in [1.807, 2.05) is 30.5 Å². The van der Waals surface area contributed by atoms with E-state index < -0.39 is 0 Å². The van der Waals surface area contributed by atoms with Crippen molar-refractivity contribution in [1.29, 1.82) is 0 Å². The van der Waals surface area contributed by atoms with Gasteiger partial charge in [0.05, 0.1) is 12.8 Å². The van der Waals surface area contributed by atoms with Crippen LogP contribution in [0.3, 0.4) is 0 Å². The number of H-pyrrole nitrogens is 1. The lowest BCUT2D eigenvalue weighted by molar-refractivity contribution is 0.296. The van der Waals surface area contributed by atoms with E-state index in [9.17, 15) is 0 Å². The molecule has 2 heterocycles. The molecule has 29 heavy (non-hydrogen) atoms. The summed E-state index contributed by atoms with van der Waals surface area (Å²) in [6.07, 6.45) is 1.90. The molecule has 0 aliphatic carbocycles. The van der Waals surface area contributed by atoms with Crippen molar-refractivity contribution in [1.82, 2.24) is 9.88 Å². The van der Waals surface area contributed by atoms with E-state index >= 15 is 0 Å². The third-order valence-electron chi connectivity index (χ3n) is 5.13. The second-order valence-electron chi connectivity index (χ2n) is 7.17. The molecule has 0 radical (unpaired) electrons. The number of hydrogen-bond acceptors (Lipinski definition) is 5. The molecular formula is C23H27N3O2S. The smallest absolute Gasteiger partial charge is 0.150 e. The highest BCUT2D eigenvalue weighted by atomic mass is 32.2. The maximum Gasteiger partial charge on any atom is 0.150 e. The van der Waals surface area contributed by atoms with Gasteiger partial charge in [-0.25, -0.2) is 0 Å². The quantitative estimate of drug-likeness (QED) is 0.622. The Labute approximate surface area is 176 Å². The van der Waals surface area contributed by atoms with Crippen molar-refractivity contribution in [3.05, 3.63) is 66.4 Å².